The first-order valence-corrected chi connectivity index (χ1v) is 8.28. The maximum atomic E-state index is 13.1. The van der Waals surface area contributed by atoms with E-state index in [2.05, 4.69) is 29.0 Å². The van der Waals surface area contributed by atoms with Gasteiger partial charge in [0.2, 0.25) is 0 Å². The van der Waals surface area contributed by atoms with Crippen LogP contribution in [0.4, 0.5) is 4.39 Å². The van der Waals surface area contributed by atoms with Crippen LogP contribution < -0.4 is 5.32 Å². The molecule has 3 nitrogen and oxygen atoms in total. The third-order valence-corrected chi connectivity index (χ3v) is 4.31. The molecule has 1 aromatic rings. The van der Waals surface area contributed by atoms with E-state index in [1.54, 1.807) is 0 Å². The first-order chi connectivity index (χ1) is 10.2. The lowest BCUT2D eigenvalue weighted by atomic mass is 9.97. The van der Waals surface area contributed by atoms with Gasteiger partial charge in [-0.15, -0.1) is 0 Å². The summed E-state index contributed by atoms with van der Waals surface area (Å²) in [5.74, 6) is 0.190. The summed E-state index contributed by atoms with van der Waals surface area (Å²) in [6.07, 6.45) is 6.67. The fourth-order valence-electron chi connectivity index (χ4n) is 3.22. The van der Waals surface area contributed by atoms with Crippen molar-refractivity contribution in [2.45, 2.75) is 45.6 Å². The maximum absolute atomic E-state index is 13.1. The zero-order valence-corrected chi connectivity index (χ0v) is 13.3. The number of hydrogen-bond donors (Lipinski definition) is 1. The van der Waals surface area contributed by atoms with Crippen LogP contribution in [0.25, 0.3) is 0 Å². The molecule has 2 unspecified atom stereocenters. The second-order valence-corrected chi connectivity index (χ2v) is 6.13. The van der Waals surface area contributed by atoms with Crippen molar-refractivity contribution in [1.29, 1.82) is 0 Å². The molecule has 0 radical (unpaired) electrons. The van der Waals surface area contributed by atoms with Crippen LogP contribution in [0.15, 0.2) is 18.3 Å². The zero-order chi connectivity index (χ0) is 15.1. The fourth-order valence-corrected chi connectivity index (χ4v) is 3.22. The van der Waals surface area contributed by atoms with E-state index in [1.165, 1.54) is 51.0 Å². The molecule has 1 aliphatic rings. The molecule has 2 heterocycles. The minimum atomic E-state index is -0.269. The summed E-state index contributed by atoms with van der Waals surface area (Å²) in [7, 11) is 0. The maximum Gasteiger partial charge on any atom is 0.141 e. The summed E-state index contributed by atoms with van der Waals surface area (Å²) in [6.45, 7) is 8.77. The summed E-state index contributed by atoms with van der Waals surface area (Å²) in [6, 6.07) is 3.51. The quantitative estimate of drug-likeness (QED) is 0.871. The molecule has 0 spiro atoms. The molecule has 1 fully saturated rings. The Morgan fingerprint density at radius 3 is 2.52 bits per heavy atom. The molecule has 0 saturated carbocycles. The van der Waals surface area contributed by atoms with Crippen LogP contribution in [0.3, 0.4) is 0 Å². The van der Waals surface area contributed by atoms with Gasteiger partial charge in [0.15, 0.2) is 0 Å². The van der Waals surface area contributed by atoms with E-state index in [4.69, 9.17) is 0 Å². The second-order valence-electron chi connectivity index (χ2n) is 6.13. The van der Waals surface area contributed by atoms with Gasteiger partial charge in [0.25, 0.3) is 0 Å². The normalized spacial score (nSPS) is 20.0. The zero-order valence-electron chi connectivity index (χ0n) is 13.3. The van der Waals surface area contributed by atoms with Crippen molar-refractivity contribution in [2.24, 2.45) is 5.92 Å². The smallest absolute Gasteiger partial charge is 0.141 e. The number of pyridine rings is 1. The van der Waals surface area contributed by atoms with Gasteiger partial charge >= 0.3 is 0 Å². The van der Waals surface area contributed by atoms with Crippen molar-refractivity contribution in [3.05, 3.63) is 29.8 Å². The van der Waals surface area contributed by atoms with Gasteiger partial charge in [-0.3, -0.25) is 4.98 Å². The third-order valence-electron chi connectivity index (χ3n) is 4.31. The Morgan fingerprint density at radius 1 is 1.24 bits per heavy atom. The van der Waals surface area contributed by atoms with Crippen LogP contribution in [0.1, 0.15) is 51.3 Å². The molecule has 2 rings (SSSR count). The molecule has 21 heavy (non-hydrogen) atoms. The lowest BCUT2D eigenvalue weighted by molar-refractivity contribution is 0.216. The number of likely N-dealkylation sites (tertiary alicyclic amines) is 1. The van der Waals surface area contributed by atoms with Crippen LogP contribution in [0, 0.1) is 11.7 Å². The van der Waals surface area contributed by atoms with Gasteiger partial charge in [-0.05, 0) is 50.5 Å². The molecule has 0 aromatic carbocycles. The predicted molar refractivity (Wildman–Crippen MR) is 84.7 cm³/mol. The van der Waals surface area contributed by atoms with Crippen LogP contribution in [-0.4, -0.2) is 36.1 Å². The van der Waals surface area contributed by atoms with Crippen molar-refractivity contribution in [2.75, 3.05) is 26.2 Å². The van der Waals surface area contributed by atoms with Gasteiger partial charge < -0.3 is 10.2 Å². The number of halogens is 1. The molecule has 1 aliphatic heterocycles. The molecule has 2 atom stereocenters. The highest BCUT2D eigenvalue weighted by molar-refractivity contribution is 5.11. The van der Waals surface area contributed by atoms with E-state index < -0.39 is 0 Å². The molecular weight excluding hydrogens is 265 g/mol. The molecule has 1 saturated heterocycles. The van der Waals surface area contributed by atoms with Crippen LogP contribution in [0.5, 0.6) is 0 Å². The Labute approximate surface area is 127 Å². The summed E-state index contributed by atoms with van der Waals surface area (Å²) < 4.78 is 13.1. The summed E-state index contributed by atoms with van der Waals surface area (Å²) in [5, 5.41) is 3.51. The standard InChI is InChI=1S/C17H28FN3/c1-3-19-17(16-9-8-15(18)12-20-16)14(2)13-21-10-6-4-5-7-11-21/h8-9,12,14,17,19H,3-7,10-11,13H2,1-2H3. The van der Waals surface area contributed by atoms with Crippen molar-refractivity contribution >= 4 is 0 Å². The summed E-state index contributed by atoms with van der Waals surface area (Å²) in [4.78, 5) is 6.85. The molecular formula is C17H28FN3. The van der Waals surface area contributed by atoms with Gasteiger partial charge in [-0.1, -0.05) is 26.7 Å². The van der Waals surface area contributed by atoms with E-state index in [9.17, 15) is 4.39 Å². The number of nitrogens with one attached hydrogen (secondary N) is 1. The first-order valence-electron chi connectivity index (χ1n) is 8.28. The molecule has 0 bridgehead atoms. The van der Waals surface area contributed by atoms with E-state index in [-0.39, 0.29) is 11.9 Å². The van der Waals surface area contributed by atoms with Crippen molar-refractivity contribution in [1.82, 2.24) is 15.2 Å². The average Bonchev–Trinajstić information content (AvgIpc) is 2.74. The molecule has 4 heteroatoms. The van der Waals surface area contributed by atoms with Gasteiger partial charge in [-0.2, -0.15) is 0 Å². The fraction of sp³-hybridized carbons (Fsp3) is 0.706. The van der Waals surface area contributed by atoms with Crippen molar-refractivity contribution in [3.8, 4) is 0 Å². The van der Waals surface area contributed by atoms with Crippen LogP contribution in [-0.2, 0) is 0 Å². The highest BCUT2D eigenvalue weighted by Crippen LogP contribution is 2.22. The second kappa shape index (κ2) is 8.44. The Hall–Kier alpha value is -1.00. The van der Waals surface area contributed by atoms with Gasteiger partial charge in [0.1, 0.15) is 5.82 Å². The average molecular weight is 293 g/mol. The highest BCUT2D eigenvalue weighted by atomic mass is 19.1. The molecule has 118 valence electrons. The van der Waals surface area contributed by atoms with E-state index in [0.29, 0.717) is 5.92 Å². The first kappa shape index (κ1) is 16.4. The van der Waals surface area contributed by atoms with E-state index in [0.717, 1.165) is 18.8 Å². The highest BCUT2D eigenvalue weighted by Gasteiger charge is 2.22. The number of aromatic nitrogens is 1. The van der Waals surface area contributed by atoms with Crippen LogP contribution in [0.2, 0.25) is 0 Å². The van der Waals surface area contributed by atoms with Crippen molar-refractivity contribution in [3.63, 3.8) is 0 Å². The monoisotopic (exact) mass is 293 g/mol. The predicted octanol–water partition coefficient (Wildman–Crippen LogP) is 3.38. The summed E-state index contributed by atoms with van der Waals surface area (Å²) in [5.41, 5.74) is 0.945. The molecule has 1 aromatic heterocycles. The lowest BCUT2D eigenvalue weighted by Crippen LogP contribution is -2.36. The Kier molecular flexibility index (Phi) is 6.58. The topological polar surface area (TPSA) is 28.2 Å². The largest absolute Gasteiger partial charge is 0.309 e. The minimum absolute atomic E-state index is 0.193. The molecule has 0 amide bonds. The lowest BCUT2D eigenvalue weighted by Gasteiger charge is -2.30. The van der Waals surface area contributed by atoms with Gasteiger partial charge in [0.05, 0.1) is 17.9 Å². The SMILES string of the molecule is CCNC(c1ccc(F)cn1)C(C)CN1CCCCCC1. The summed E-state index contributed by atoms with van der Waals surface area (Å²) >= 11 is 0. The third kappa shape index (κ3) is 5.04. The van der Waals surface area contributed by atoms with E-state index >= 15 is 0 Å². The van der Waals surface area contributed by atoms with Crippen LogP contribution >= 0.6 is 0 Å². The van der Waals surface area contributed by atoms with Crippen molar-refractivity contribution < 1.29 is 4.39 Å². The van der Waals surface area contributed by atoms with Gasteiger partial charge in [-0.25, -0.2) is 4.39 Å². The number of nitrogens with zero attached hydrogens (tertiary/aromatic N) is 2. The Bertz CT molecular complexity index is 399. The number of rotatable bonds is 6. The molecule has 0 aliphatic carbocycles. The minimum Gasteiger partial charge on any atom is -0.309 e. The Balaban J connectivity index is 2.00. The number of hydrogen-bond acceptors (Lipinski definition) is 3. The Morgan fingerprint density at radius 2 is 1.95 bits per heavy atom. The van der Waals surface area contributed by atoms with E-state index in [1.807, 2.05) is 6.07 Å². The molecule has 1 N–H and O–H groups in total. The van der Waals surface area contributed by atoms with Gasteiger partial charge in [0, 0.05) is 6.54 Å².